The summed E-state index contributed by atoms with van der Waals surface area (Å²) in [5.74, 6) is -0.225. The average molecular weight is 313 g/mol. The summed E-state index contributed by atoms with van der Waals surface area (Å²) in [7, 11) is 2.09. The summed E-state index contributed by atoms with van der Waals surface area (Å²) < 4.78 is 0. The third-order valence-corrected chi connectivity index (χ3v) is 4.83. The van der Waals surface area contributed by atoms with Gasteiger partial charge in [-0.15, -0.1) is 11.3 Å². The number of amides is 1. The Morgan fingerprint density at radius 3 is 3.18 bits per heavy atom. The number of nitrogens with zero attached hydrogens (tertiary/aromatic N) is 3. The zero-order chi connectivity index (χ0) is 15.1. The fourth-order valence-corrected chi connectivity index (χ4v) is 3.75. The van der Waals surface area contributed by atoms with E-state index in [9.17, 15) is 4.79 Å². The van der Waals surface area contributed by atoms with Gasteiger partial charge in [-0.25, -0.2) is 4.98 Å². The second kappa shape index (κ2) is 5.19. The van der Waals surface area contributed by atoms with Crippen LogP contribution in [0.2, 0.25) is 0 Å². The lowest BCUT2D eigenvalue weighted by atomic mass is 10.2. The molecule has 0 spiro atoms. The molecule has 7 heteroatoms. The maximum absolute atomic E-state index is 12.4. The van der Waals surface area contributed by atoms with Crippen LogP contribution in [0.3, 0.4) is 0 Å². The maximum Gasteiger partial charge on any atom is 0.278 e. The Morgan fingerprint density at radius 1 is 1.41 bits per heavy atom. The molecule has 6 nitrogen and oxygen atoms in total. The molecule has 22 heavy (non-hydrogen) atoms. The van der Waals surface area contributed by atoms with E-state index in [0.717, 1.165) is 36.1 Å². The lowest BCUT2D eigenvalue weighted by Crippen LogP contribution is -2.25. The first-order valence-corrected chi connectivity index (χ1v) is 7.94. The molecule has 4 rings (SSSR count). The number of hydrogen-bond donors (Lipinski definition) is 2. The fourth-order valence-electron chi connectivity index (χ4n) is 2.67. The topological polar surface area (TPSA) is 73.9 Å². The van der Waals surface area contributed by atoms with E-state index in [1.165, 1.54) is 4.88 Å². The number of benzene rings is 1. The van der Waals surface area contributed by atoms with Crippen LogP contribution in [-0.2, 0) is 13.0 Å². The second-order valence-corrected chi connectivity index (χ2v) is 6.53. The van der Waals surface area contributed by atoms with Crippen LogP contribution in [0.5, 0.6) is 0 Å². The number of carbonyl (C=O) groups is 1. The quantitative estimate of drug-likeness (QED) is 0.761. The normalized spacial score (nSPS) is 15.0. The number of rotatable bonds is 2. The van der Waals surface area contributed by atoms with Crippen molar-refractivity contribution in [3.8, 4) is 0 Å². The van der Waals surface area contributed by atoms with Crippen LogP contribution in [0.15, 0.2) is 24.3 Å². The van der Waals surface area contributed by atoms with Gasteiger partial charge < -0.3 is 4.90 Å². The van der Waals surface area contributed by atoms with Crippen molar-refractivity contribution in [3.63, 3.8) is 0 Å². The average Bonchev–Trinajstić information content (AvgIpc) is 3.09. The fraction of sp³-hybridized carbons (Fsp3) is 0.267. The Labute approximate surface area is 131 Å². The van der Waals surface area contributed by atoms with Gasteiger partial charge in [0, 0.05) is 29.8 Å². The highest BCUT2D eigenvalue weighted by atomic mass is 32.1. The summed E-state index contributed by atoms with van der Waals surface area (Å²) in [5, 5.41) is 11.3. The Balaban J connectivity index is 1.60. The third kappa shape index (κ3) is 2.28. The molecule has 2 N–H and O–H groups in total. The van der Waals surface area contributed by atoms with E-state index in [-0.39, 0.29) is 5.91 Å². The molecule has 2 aromatic heterocycles. The molecule has 1 aliphatic heterocycles. The summed E-state index contributed by atoms with van der Waals surface area (Å²) in [5.41, 5.74) is 2.36. The number of aromatic amines is 1. The summed E-state index contributed by atoms with van der Waals surface area (Å²) >= 11 is 1.55. The molecule has 1 aliphatic rings. The molecule has 0 fully saturated rings. The zero-order valence-corrected chi connectivity index (χ0v) is 12.9. The number of para-hydroxylation sites is 1. The van der Waals surface area contributed by atoms with Crippen LogP contribution < -0.4 is 5.32 Å². The molecule has 1 amide bonds. The van der Waals surface area contributed by atoms with Gasteiger partial charge in [-0.3, -0.25) is 15.2 Å². The molecule has 112 valence electrons. The van der Waals surface area contributed by atoms with Gasteiger partial charge in [0.05, 0.1) is 11.2 Å². The largest absolute Gasteiger partial charge is 0.301 e. The number of likely N-dealkylation sites (N-methyl/N-ethyl adjacent to an activating group) is 1. The molecule has 3 aromatic rings. The predicted molar refractivity (Wildman–Crippen MR) is 86.2 cm³/mol. The van der Waals surface area contributed by atoms with Crippen molar-refractivity contribution in [2.45, 2.75) is 13.0 Å². The van der Waals surface area contributed by atoms with Crippen LogP contribution in [0, 0.1) is 0 Å². The number of H-pyrrole nitrogens is 1. The molecule has 0 aliphatic carbocycles. The Hall–Kier alpha value is -2.25. The van der Waals surface area contributed by atoms with Crippen molar-refractivity contribution in [2.75, 3.05) is 18.9 Å². The van der Waals surface area contributed by atoms with Crippen molar-refractivity contribution in [2.24, 2.45) is 0 Å². The summed E-state index contributed by atoms with van der Waals surface area (Å²) in [4.78, 5) is 20.5. The van der Waals surface area contributed by atoms with Crippen molar-refractivity contribution in [3.05, 3.63) is 40.5 Å². The highest BCUT2D eigenvalue weighted by Gasteiger charge is 2.20. The Morgan fingerprint density at radius 2 is 2.27 bits per heavy atom. The molecule has 3 heterocycles. The van der Waals surface area contributed by atoms with Gasteiger partial charge in [-0.2, -0.15) is 5.10 Å². The highest BCUT2D eigenvalue weighted by Crippen LogP contribution is 2.28. The SMILES string of the molecule is CN1CCc2nc(NC(=O)c3n[nH]c4ccccc34)sc2C1. The predicted octanol–water partition coefficient (Wildman–Crippen LogP) is 2.26. The van der Waals surface area contributed by atoms with E-state index >= 15 is 0 Å². The van der Waals surface area contributed by atoms with Gasteiger partial charge in [0.15, 0.2) is 10.8 Å². The van der Waals surface area contributed by atoms with Crippen molar-refractivity contribution in [1.82, 2.24) is 20.1 Å². The minimum atomic E-state index is -0.225. The second-order valence-electron chi connectivity index (χ2n) is 5.45. The molecule has 1 aromatic carbocycles. The summed E-state index contributed by atoms with van der Waals surface area (Å²) in [6, 6.07) is 7.59. The van der Waals surface area contributed by atoms with Crippen LogP contribution in [0.4, 0.5) is 5.13 Å². The van der Waals surface area contributed by atoms with Gasteiger partial charge in [0.1, 0.15) is 0 Å². The lowest BCUT2D eigenvalue weighted by Gasteiger charge is -2.20. The smallest absolute Gasteiger partial charge is 0.278 e. The van der Waals surface area contributed by atoms with E-state index in [0.29, 0.717) is 10.8 Å². The van der Waals surface area contributed by atoms with Crippen LogP contribution in [-0.4, -0.2) is 39.6 Å². The van der Waals surface area contributed by atoms with Crippen LogP contribution in [0.1, 0.15) is 21.1 Å². The molecule has 0 saturated heterocycles. The minimum absolute atomic E-state index is 0.225. The van der Waals surface area contributed by atoms with E-state index < -0.39 is 0 Å². The number of fused-ring (bicyclic) bond motifs is 2. The molecule has 0 atom stereocenters. The number of aromatic nitrogens is 3. The number of nitrogens with one attached hydrogen (secondary N) is 2. The molecule has 0 saturated carbocycles. The van der Waals surface area contributed by atoms with Gasteiger partial charge in [-0.05, 0) is 13.1 Å². The van der Waals surface area contributed by atoms with E-state index in [4.69, 9.17) is 0 Å². The summed E-state index contributed by atoms with van der Waals surface area (Å²) in [6.07, 6.45) is 0.934. The first-order chi connectivity index (χ1) is 10.7. The van der Waals surface area contributed by atoms with Crippen LogP contribution in [0.25, 0.3) is 10.9 Å². The number of carbonyl (C=O) groups excluding carboxylic acids is 1. The lowest BCUT2D eigenvalue weighted by molar-refractivity contribution is 0.102. The Kier molecular flexibility index (Phi) is 3.16. The molecule has 0 bridgehead atoms. The van der Waals surface area contributed by atoms with E-state index in [2.05, 4.69) is 32.4 Å². The number of hydrogen-bond acceptors (Lipinski definition) is 5. The summed E-state index contributed by atoms with van der Waals surface area (Å²) in [6.45, 7) is 1.91. The van der Waals surface area contributed by atoms with E-state index in [1.807, 2.05) is 24.3 Å². The maximum atomic E-state index is 12.4. The van der Waals surface area contributed by atoms with Gasteiger partial charge in [-0.1, -0.05) is 18.2 Å². The molecule has 0 unspecified atom stereocenters. The standard InChI is InChI=1S/C15H15N5OS/c1-20-7-6-11-12(8-20)22-15(16-11)17-14(21)13-9-4-2-3-5-10(9)18-19-13/h2-5H,6-8H2,1H3,(H,18,19)(H,16,17,21). The first kappa shape index (κ1) is 13.4. The van der Waals surface area contributed by atoms with Crippen molar-refractivity contribution < 1.29 is 4.79 Å². The number of anilines is 1. The van der Waals surface area contributed by atoms with E-state index in [1.54, 1.807) is 11.3 Å². The monoisotopic (exact) mass is 313 g/mol. The molecular weight excluding hydrogens is 298 g/mol. The van der Waals surface area contributed by atoms with Gasteiger partial charge in [0.2, 0.25) is 0 Å². The Bertz CT molecular complexity index is 853. The van der Waals surface area contributed by atoms with Crippen molar-refractivity contribution in [1.29, 1.82) is 0 Å². The highest BCUT2D eigenvalue weighted by molar-refractivity contribution is 7.15. The van der Waals surface area contributed by atoms with Crippen LogP contribution >= 0.6 is 11.3 Å². The molecular formula is C15H15N5OS. The van der Waals surface area contributed by atoms with Crippen molar-refractivity contribution >= 4 is 33.3 Å². The molecule has 0 radical (unpaired) electrons. The first-order valence-electron chi connectivity index (χ1n) is 7.12. The van der Waals surface area contributed by atoms with Gasteiger partial charge >= 0.3 is 0 Å². The van der Waals surface area contributed by atoms with Gasteiger partial charge in [0.25, 0.3) is 5.91 Å². The minimum Gasteiger partial charge on any atom is -0.301 e. The number of thiazole rings is 1. The third-order valence-electron chi connectivity index (χ3n) is 3.83. The zero-order valence-electron chi connectivity index (χ0n) is 12.1.